The van der Waals surface area contributed by atoms with Crippen molar-refractivity contribution in [3.8, 4) is 5.75 Å². The molecule has 0 heterocycles. The third-order valence-corrected chi connectivity index (χ3v) is 17.5. The summed E-state index contributed by atoms with van der Waals surface area (Å²) in [6.45, 7) is 18.2. The molecule has 28 heavy (non-hydrogen) atoms. The van der Waals surface area contributed by atoms with Crippen molar-refractivity contribution in [3.05, 3.63) is 45.0 Å². The Labute approximate surface area is 193 Å². The third kappa shape index (κ3) is 6.51. The van der Waals surface area contributed by atoms with Gasteiger partial charge in [-0.25, -0.2) is 0 Å². The fraction of sp³-hybridized carbons (Fsp3) is 0.524. The second-order valence-corrected chi connectivity index (χ2v) is 26.5. The van der Waals surface area contributed by atoms with Crippen molar-refractivity contribution in [2.24, 2.45) is 5.92 Å². The van der Waals surface area contributed by atoms with Crippen molar-refractivity contribution < 1.29 is 20.8 Å². The molecule has 7 heteroatoms. The zero-order chi connectivity index (χ0) is 19.8. The molecule has 0 radical (unpaired) electrons. The van der Waals surface area contributed by atoms with Gasteiger partial charge in [0.25, 0.3) is 0 Å². The minimum Gasteiger partial charge on any atom is -0.147 e. The Morgan fingerprint density at radius 3 is 2.07 bits per heavy atom. The standard InChI is InChI=1S/C10H16OSi.C9H14N.C2H7Si.2ClH.Ti/c1-8-5-9(11)7-10(6-8)12(2,3)4;1-7-5-9(10(3)4)6-8(7)2;1-3-2;;;/h5-7,11H,1-4H3;5,8H,1-4H3;3H,1-2H3;2*1H;/q;;;;;+1/p-1. The first-order valence-electron chi connectivity index (χ1n) is 9.68. The van der Waals surface area contributed by atoms with Gasteiger partial charge >= 0.3 is 170 Å². The molecule has 1 unspecified atom stereocenters. The number of hydrogen-bond acceptors (Lipinski definition) is 2. The predicted molar refractivity (Wildman–Crippen MR) is 132 cm³/mol. The van der Waals surface area contributed by atoms with E-state index in [1.807, 2.05) is 0 Å². The molecule has 1 atom stereocenters. The van der Waals surface area contributed by atoms with Gasteiger partial charge in [0.1, 0.15) is 0 Å². The van der Waals surface area contributed by atoms with Crippen molar-refractivity contribution >= 4 is 44.7 Å². The number of halogens is 2. The first-order chi connectivity index (χ1) is 11.9. The predicted octanol–water partition coefficient (Wildman–Crippen LogP) is 5.65. The van der Waals surface area contributed by atoms with Crippen molar-refractivity contribution in [3.63, 3.8) is 0 Å². The van der Waals surface area contributed by atoms with Crippen molar-refractivity contribution in [1.29, 1.82) is 0 Å². The van der Waals surface area contributed by atoms with E-state index in [2.05, 4.69) is 96.8 Å². The Morgan fingerprint density at radius 2 is 1.61 bits per heavy atom. The summed E-state index contributed by atoms with van der Waals surface area (Å²) in [4.78, 5) is 2.29. The summed E-state index contributed by atoms with van der Waals surface area (Å²) < 4.78 is 8.55. The maximum Gasteiger partial charge on any atom is -0.147 e. The summed E-state index contributed by atoms with van der Waals surface area (Å²) in [5.74, 6) is 1.67. The maximum absolute atomic E-state index is 6.91. The number of hydrogen-bond donors (Lipinski definition) is 0. The zero-order valence-electron chi connectivity index (χ0n) is 19.1. The van der Waals surface area contributed by atoms with Gasteiger partial charge in [0.05, 0.1) is 0 Å². The van der Waals surface area contributed by atoms with E-state index in [0.29, 0.717) is 5.92 Å². The van der Waals surface area contributed by atoms with E-state index in [1.165, 1.54) is 22.0 Å². The van der Waals surface area contributed by atoms with E-state index in [1.54, 1.807) is 3.88 Å². The summed E-state index contributed by atoms with van der Waals surface area (Å²) in [7, 11) is 3.00. The van der Waals surface area contributed by atoms with Crippen molar-refractivity contribution in [2.45, 2.75) is 53.5 Å². The molecule has 0 fully saturated rings. The number of benzene rings is 1. The molecule has 1 aromatic carbocycles. The van der Waals surface area contributed by atoms with Gasteiger partial charge in [-0.15, -0.1) is 24.8 Å². The second-order valence-electron chi connectivity index (χ2n) is 9.21. The van der Waals surface area contributed by atoms with Crippen LogP contribution in [0, 0.1) is 12.8 Å². The number of likely N-dealkylation sites (N-methyl/N-ethyl adjacent to an activating group) is 1. The smallest absolute Gasteiger partial charge is 0.147 e. The average molecular weight is 495 g/mol. The van der Waals surface area contributed by atoms with E-state index in [-0.39, 0.29) is 24.8 Å². The molecule has 1 aromatic rings. The molecule has 2 rings (SSSR count). The first-order valence-corrected chi connectivity index (χ1v) is 20.2. The Bertz CT molecular complexity index is 742. The Kier molecular flexibility index (Phi) is 10.9. The van der Waals surface area contributed by atoms with E-state index in [9.17, 15) is 0 Å². The number of allylic oxidation sites excluding steroid dienone is 3. The van der Waals surface area contributed by atoms with E-state index >= 15 is 0 Å². The molecule has 2 nitrogen and oxygen atoms in total. The molecule has 0 saturated carbocycles. The molecule has 0 aromatic heterocycles. The normalized spacial score (nSPS) is 16.4. The van der Waals surface area contributed by atoms with Gasteiger partial charge in [0.15, 0.2) is 0 Å². The quantitative estimate of drug-likeness (QED) is 0.473. The second kappa shape index (κ2) is 10.9. The van der Waals surface area contributed by atoms with Crippen LogP contribution in [-0.2, 0) is 17.5 Å². The SMILES string of the molecule is CC1=CC(N(C)C)=[C]([Ti]([O]c2cc(C)cc([Si](C)(C)C)c2)[SiH](C)C)C1C.Cl.Cl. The Balaban J connectivity index is 0.00000364. The zero-order valence-corrected chi connectivity index (χ0v) is 24.5. The molecule has 1 aliphatic carbocycles. The van der Waals surface area contributed by atoms with Gasteiger partial charge in [0, 0.05) is 0 Å². The van der Waals surface area contributed by atoms with Crippen LogP contribution in [-0.4, -0.2) is 33.7 Å². The van der Waals surface area contributed by atoms with Crippen LogP contribution in [0.2, 0.25) is 32.7 Å². The van der Waals surface area contributed by atoms with E-state index in [0.717, 1.165) is 5.75 Å². The van der Waals surface area contributed by atoms with Crippen LogP contribution >= 0.6 is 24.8 Å². The van der Waals surface area contributed by atoms with Gasteiger partial charge in [0.2, 0.25) is 0 Å². The molecule has 159 valence electrons. The molecule has 1 aliphatic rings. The first kappa shape index (κ1) is 28.0. The van der Waals surface area contributed by atoms with E-state index in [4.69, 9.17) is 3.32 Å². The Hall–Kier alpha value is 0.0281. The number of aryl methyl sites for hydroxylation is 1. The third-order valence-electron chi connectivity index (χ3n) is 5.17. The minimum absolute atomic E-state index is 0. The maximum atomic E-state index is 6.91. The van der Waals surface area contributed by atoms with Crippen molar-refractivity contribution in [1.82, 2.24) is 4.90 Å². The summed E-state index contributed by atoms with van der Waals surface area (Å²) in [5.41, 5.74) is 4.24. The summed E-state index contributed by atoms with van der Waals surface area (Å²) >= 11 is -1.79. The number of rotatable bonds is 6. The number of nitrogens with zero attached hydrogens (tertiary/aromatic N) is 1. The molecule has 0 bridgehead atoms. The molecular weight excluding hydrogens is 457 g/mol. The van der Waals surface area contributed by atoms with Crippen molar-refractivity contribution in [2.75, 3.05) is 14.1 Å². The topological polar surface area (TPSA) is 12.5 Å². The molecular formula is C21H38Cl2NOSi2Ti. The summed E-state index contributed by atoms with van der Waals surface area (Å²) in [6, 6.07) is 6.96. The summed E-state index contributed by atoms with van der Waals surface area (Å²) in [6.07, 6.45) is 2.39. The van der Waals surface area contributed by atoms with Crippen LogP contribution in [0.1, 0.15) is 19.4 Å². The van der Waals surface area contributed by atoms with Gasteiger partial charge in [-0.1, -0.05) is 0 Å². The monoisotopic (exact) mass is 494 g/mol. The van der Waals surface area contributed by atoms with Gasteiger partial charge in [-0.2, -0.15) is 0 Å². The van der Waals surface area contributed by atoms with Crippen LogP contribution in [0.5, 0.6) is 5.75 Å². The molecule has 0 aliphatic heterocycles. The van der Waals surface area contributed by atoms with Gasteiger partial charge in [-0.05, 0) is 0 Å². The largest absolute Gasteiger partial charge is 0.147 e. The van der Waals surface area contributed by atoms with Gasteiger partial charge < -0.3 is 0 Å². The average Bonchev–Trinajstić information content (AvgIpc) is 2.79. The molecule has 0 saturated heterocycles. The van der Waals surface area contributed by atoms with Crippen LogP contribution in [0.4, 0.5) is 0 Å². The summed E-state index contributed by atoms with van der Waals surface area (Å²) in [5, 5.41) is 1.51. The fourth-order valence-corrected chi connectivity index (χ4v) is 14.4. The van der Waals surface area contributed by atoms with Crippen LogP contribution in [0.25, 0.3) is 0 Å². The Morgan fingerprint density at radius 1 is 1.04 bits per heavy atom. The van der Waals surface area contributed by atoms with Crippen LogP contribution in [0.15, 0.2) is 39.4 Å². The molecule has 0 amide bonds. The fourth-order valence-electron chi connectivity index (χ4n) is 3.43. The minimum atomic E-state index is -1.79. The van der Waals surface area contributed by atoms with E-state index < -0.39 is 32.3 Å². The molecule has 0 spiro atoms. The van der Waals surface area contributed by atoms with Crippen LogP contribution in [0.3, 0.4) is 0 Å². The molecule has 0 N–H and O–H groups in total. The van der Waals surface area contributed by atoms with Crippen LogP contribution < -0.4 is 8.51 Å². The van der Waals surface area contributed by atoms with Gasteiger partial charge in [-0.3, -0.25) is 0 Å².